The van der Waals surface area contributed by atoms with Gasteiger partial charge >= 0.3 is 0 Å². The van der Waals surface area contributed by atoms with Crippen molar-refractivity contribution in [3.8, 4) is 0 Å². The summed E-state index contributed by atoms with van der Waals surface area (Å²) < 4.78 is 1.50. The molecule has 1 aromatic carbocycles. The van der Waals surface area contributed by atoms with Crippen LogP contribution in [0.1, 0.15) is 55.5 Å². The molecule has 0 saturated carbocycles. The molecule has 2 aromatic rings. The average molecular weight is 232 g/mol. The summed E-state index contributed by atoms with van der Waals surface area (Å²) in [6.07, 6.45) is 0. The highest BCUT2D eigenvalue weighted by atomic mass is 32.1. The molecule has 86 valence electrons. The summed E-state index contributed by atoms with van der Waals surface area (Å²) >= 11 is 1.94. The number of rotatable bonds is 2. The smallest absolute Gasteiger partial charge is 0.0383 e. The van der Waals surface area contributed by atoms with Crippen LogP contribution in [-0.4, -0.2) is 0 Å². The van der Waals surface area contributed by atoms with Crippen molar-refractivity contribution in [2.24, 2.45) is 0 Å². The number of hydrogen-bond donors (Lipinski definition) is 0. The first-order chi connectivity index (χ1) is 7.50. The Morgan fingerprint density at radius 3 is 2.06 bits per heavy atom. The van der Waals surface area contributed by atoms with Gasteiger partial charge in [-0.2, -0.15) is 0 Å². The van der Waals surface area contributed by atoms with Gasteiger partial charge in [-0.3, -0.25) is 0 Å². The molecule has 0 aliphatic heterocycles. The lowest BCUT2D eigenvalue weighted by Crippen LogP contribution is -1.92. The standard InChI is InChI=1S/C15H20S/c1-9(2)12-6-7-13(10(3)4)15-14(12)8-11(5)16-15/h6-10H,1-5H3. The van der Waals surface area contributed by atoms with E-state index in [0.29, 0.717) is 11.8 Å². The third-order valence-corrected chi connectivity index (χ3v) is 4.21. The summed E-state index contributed by atoms with van der Waals surface area (Å²) in [6.45, 7) is 11.3. The topological polar surface area (TPSA) is 0 Å². The Morgan fingerprint density at radius 2 is 1.50 bits per heavy atom. The van der Waals surface area contributed by atoms with Crippen LogP contribution in [0.3, 0.4) is 0 Å². The van der Waals surface area contributed by atoms with Gasteiger partial charge < -0.3 is 0 Å². The Hall–Kier alpha value is -0.820. The van der Waals surface area contributed by atoms with Crippen LogP contribution in [0.2, 0.25) is 0 Å². The predicted octanol–water partition coefficient (Wildman–Crippen LogP) is 5.46. The molecule has 0 amide bonds. The van der Waals surface area contributed by atoms with Gasteiger partial charge in [0, 0.05) is 9.58 Å². The lowest BCUT2D eigenvalue weighted by molar-refractivity contribution is 0.861. The zero-order chi connectivity index (χ0) is 11.9. The zero-order valence-corrected chi connectivity index (χ0v) is 11.6. The zero-order valence-electron chi connectivity index (χ0n) is 10.8. The first-order valence-corrected chi connectivity index (χ1v) is 6.85. The molecule has 1 heterocycles. The summed E-state index contributed by atoms with van der Waals surface area (Å²) in [5.74, 6) is 1.22. The highest BCUT2D eigenvalue weighted by Gasteiger charge is 2.12. The second-order valence-corrected chi connectivity index (χ2v) is 6.41. The molecule has 0 N–H and O–H groups in total. The molecule has 1 heteroatoms. The molecule has 0 bridgehead atoms. The Kier molecular flexibility index (Phi) is 3.07. The van der Waals surface area contributed by atoms with Crippen LogP contribution in [-0.2, 0) is 0 Å². The Morgan fingerprint density at radius 1 is 0.938 bits per heavy atom. The molecule has 0 nitrogen and oxygen atoms in total. The number of aryl methyl sites for hydroxylation is 1. The molecule has 1 aromatic heterocycles. The molecule has 2 rings (SSSR count). The summed E-state index contributed by atoms with van der Waals surface area (Å²) in [7, 11) is 0. The fraction of sp³-hybridized carbons (Fsp3) is 0.467. The molecule has 0 aliphatic rings. The summed E-state index contributed by atoms with van der Waals surface area (Å²) in [5, 5.41) is 1.48. The van der Waals surface area contributed by atoms with Crippen molar-refractivity contribution >= 4 is 21.4 Å². The first-order valence-electron chi connectivity index (χ1n) is 6.03. The minimum Gasteiger partial charge on any atom is -0.140 e. The molecule has 0 radical (unpaired) electrons. The van der Waals surface area contributed by atoms with Crippen molar-refractivity contribution in [2.75, 3.05) is 0 Å². The molecule has 16 heavy (non-hydrogen) atoms. The Balaban J connectivity index is 2.76. The molecule has 0 spiro atoms. The molecule has 0 atom stereocenters. The lowest BCUT2D eigenvalue weighted by atomic mass is 9.94. The van der Waals surface area contributed by atoms with E-state index in [2.05, 4.69) is 52.8 Å². The van der Waals surface area contributed by atoms with Crippen LogP contribution in [0, 0.1) is 6.92 Å². The van der Waals surface area contributed by atoms with Gasteiger partial charge in [0.05, 0.1) is 0 Å². The quantitative estimate of drug-likeness (QED) is 0.645. The normalized spacial score (nSPS) is 11.9. The number of thiophene rings is 1. The van der Waals surface area contributed by atoms with Crippen molar-refractivity contribution in [3.63, 3.8) is 0 Å². The van der Waals surface area contributed by atoms with Gasteiger partial charge in [0.2, 0.25) is 0 Å². The van der Waals surface area contributed by atoms with Crippen molar-refractivity contribution in [2.45, 2.75) is 46.5 Å². The van der Waals surface area contributed by atoms with Crippen LogP contribution < -0.4 is 0 Å². The lowest BCUT2D eigenvalue weighted by Gasteiger charge is -2.12. The molecular formula is C15H20S. The molecular weight excluding hydrogens is 212 g/mol. The highest BCUT2D eigenvalue weighted by molar-refractivity contribution is 7.19. The maximum Gasteiger partial charge on any atom is 0.0383 e. The number of benzene rings is 1. The van der Waals surface area contributed by atoms with E-state index >= 15 is 0 Å². The summed E-state index contributed by atoms with van der Waals surface area (Å²) in [5.41, 5.74) is 2.99. The van der Waals surface area contributed by atoms with Gasteiger partial charge in [0.15, 0.2) is 0 Å². The van der Waals surface area contributed by atoms with Crippen LogP contribution in [0.15, 0.2) is 18.2 Å². The fourth-order valence-electron chi connectivity index (χ4n) is 2.25. The van der Waals surface area contributed by atoms with Gasteiger partial charge in [-0.1, -0.05) is 39.8 Å². The minimum atomic E-state index is 0.609. The van der Waals surface area contributed by atoms with Gasteiger partial charge in [-0.05, 0) is 41.3 Å². The van der Waals surface area contributed by atoms with Gasteiger partial charge in [-0.15, -0.1) is 11.3 Å². The van der Waals surface area contributed by atoms with E-state index in [1.165, 1.54) is 26.1 Å². The van der Waals surface area contributed by atoms with E-state index in [9.17, 15) is 0 Å². The number of fused-ring (bicyclic) bond motifs is 1. The minimum absolute atomic E-state index is 0.609. The van der Waals surface area contributed by atoms with E-state index in [0.717, 1.165) is 0 Å². The summed E-state index contributed by atoms with van der Waals surface area (Å²) in [4.78, 5) is 1.42. The van der Waals surface area contributed by atoms with Crippen molar-refractivity contribution in [1.82, 2.24) is 0 Å². The largest absolute Gasteiger partial charge is 0.140 e. The maximum atomic E-state index is 2.35. The summed E-state index contributed by atoms with van der Waals surface area (Å²) in [6, 6.07) is 6.98. The van der Waals surface area contributed by atoms with Crippen molar-refractivity contribution < 1.29 is 0 Å². The van der Waals surface area contributed by atoms with Crippen LogP contribution in [0.4, 0.5) is 0 Å². The third kappa shape index (κ3) is 1.89. The molecule has 0 aliphatic carbocycles. The Bertz CT molecular complexity index is 458. The highest BCUT2D eigenvalue weighted by Crippen LogP contribution is 2.36. The molecule has 0 saturated heterocycles. The van der Waals surface area contributed by atoms with E-state index in [-0.39, 0.29) is 0 Å². The van der Waals surface area contributed by atoms with E-state index in [1.54, 1.807) is 0 Å². The molecule has 0 unspecified atom stereocenters. The fourth-order valence-corrected chi connectivity index (χ4v) is 3.45. The van der Waals surface area contributed by atoms with Crippen LogP contribution in [0.25, 0.3) is 10.1 Å². The van der Waals surface area contributed by atoms with Crippen molar-refractivity contribution in [3.05, 3.63) is 34.2 Å². The monoisotopic (exact) mass is 232 g/mol. The van der Waals surface area contributed by atoms with Crippen molar-refractivity contribution in [1.29, 1.82) is 0 Å². The Labute approximate surface area is 102 Å². The van der Waals surface area contributed by atoms with Gasteiger partial charge in [-0.25, -0.2) is 0 Å². The maximum absolute atomic E-state index is 2.35. The van der Waals surface area contributed by atoms with Crippen LogP contribution >= 0.6 is 11.3 Å². The average Bonchev–Trinajstić information content (AvgIpc) is 2.56. The number of hydrogen-bond acceptors (Lipinski definition) is 1. The first kappa shape index (κ1) is 11.7. The SMILES string of the molecule is Cc1cc2c(C(C)C)ccc(C(C)C)c2s1. The van der Waals surface area contributed by atoms with Crippen LogP contribution in [0.5, 0.6) is 0 Å². The van der Waals surface area contributed by atoms with E-state index in [4.69, 9.17) is 0 Å². The van der Waals surface area contributed by atoms with E-state index in [1.807, 2.05) is 11.3 Å². The second kappa shape index (κ2) is 4.21. The second-order valence-electron chi connectivity index (χ2n) is 5.15. The van der Waals surface area contributed by atoms with Gasteiger partial charge in [0.1, 0.15) is 0 Å². The third-order valence-electron chi connectivity index (χ3n) is 3.11. The van der Waals surface area contributed by atoms with E-state index < -0.39 is 0 Å². The predicted molar refractivity (Wildman–Crippen MR) is 74.7 cm³/mol. The molecule has 0 fully saturated rings. The van der Waals surface area contributed by atoms with Gasteiger partial charge in [0.25, 0.3) is 0 Å².